The minimum atomic E-state index is 0.566. The van der Waals surface area contributed by atoms with Crippen molar-refractivity contribution >= 4 is 5.69 Å². The molecule has 2 rings (SSSR count). The van der Waals surface area contributed by atoms with Crippen molar-refractivity contribution in [2.24, 2.45) is 0 Å². The van der Waals surface area contributed by atoms with Crippen molar-refractivity contribution in [2.75, 3.05) is 32.2 Å². The third-order valence-electron chi connectivity index (χ3n) is 3.88. The van der Waals surface area contributed by atoms with Gasteiger partial charge in [-0.15, -0.1) is 0 Å². The molecule has 4 nitrogen and oxygen atoms in total. The molecule has 2 aromatic carbocycles. The van der Waals surface area contributed by atoms with Gasteiger partial charge in [-0.25, -0.2) is 0 Å². The zero-order valence-corrected chi connectivity index (χ0v) is 15.3. The van der Waals surface area contributed by atoms with Crippen molar-refractivity contribution in [1.82, 2.24) is 0 Å². The summed E-state index contributed by atoms with van der Waals surface area (Å²) in [6, 6.07) is 15.7. The lowest BCUT2D eigenvalue weighted by Crippen LogP contribution is -2.11. The molecule has 25 heavy (non-hydrogen) atoms. The molecule has 0 aliphatic heterocycles. The van der Waals surface area contributed by atoms with Crippen LogP contribution in [-0.4, -0.2) is 26.9 Å². The maximum absolute atomic E-state index is 5.75. The highest BCUT2D eigenvalue weighted by atomic mass is 16.5. The second kappa shape index (κ2) is 11.2. The third kappa shape index (κ3) is 6.96. The normalized spacial score (nSPS) is 10.3. The first kappa shape index (κ1) is 19.0. The van der Waals surface area contributed by atoms with Gasteiger partial charge >= 0.3 is 0 Å². The van der Waals surface area contributed by atoms with Crippen molar-refractivity contribution in [2.45, 2.75) is 32.6 Å². The maximum atomic E-state index is 5.75. The summed E-state index contributed by atoms with van der Waals surface area (Å²) in [6.07, 6.45) is 4.89. The van der Waals surface area contributed by atoms with Crippen LogP contribution >= 0.6 is 0 Å². The molecule has 0 amide bonds. The number of unbranched alkanes of at least 4 members (excludes halogenated alkanes) is 3. The Kier molecular flexibility index (Phi) is 8.53. The Morgan fingerprint density at radius 3 is 2.28 bits per heavy atom. The average molecular weight is 343 g/mol. The monoisotopic (exact) mass is 343 g/mol. The standard InChI is InChI=1S/C21H29NO3/c1-3-4-5-8-16-24-19-13-11-18(12-14-19)22-15-17-25-21-10-7-6-9-20(21)23-2/h6-7,9-14,22H,3-5,8,15-17H2,1-2H3. The van der Waals surface area contributed by atoms with E-state index in [-0.39, 0.29) is 0 Å². The smallest absolute Gasteiger partial charge is 0.161 e. The van der Waals surface area contributed by atoms with Crippen LogP contribution in [-0.2, 0) is 0 Å². The van der Waals surface area contributed by atoms with Gasteiger partial charge < -0.3 is 19.5 Å². The Bertz CT molecular complexity index is 598. The number of nitrogens with one attached hydrogen (secondary N) is 1. The number of benzene rings is 2. The molecule has 0 spiro atoms. The molecule has 0 aliphatic carbocycles. The topological polar surface area (TPSA) is 39.7 Å². The van der Waals surface area contributed by atoms with Crippen LogP contribution in [0, 0.1) is 0 Å². The van der Waals surface area contributed by atoms with E-state index in [9.17, 15) is 0 Å². The fourth-order valence-electron chi connectivity index (χ4n) is 2.48. The second-order valence-corrected chi connectivity index (χ2v) is 5.86. The Hall–Kier alpha value is -2.36. The maximum Gasteiger partial charge on any atom is 0.161 e. The van der Waals surface area contributed by atoms with Gasteiger partial charge in [-0.3, -0.25) is 0 Å². The first-order chi connectivity index (χ1) is 12.3. The highest BCUT2D eigenvalue weighted by Gasteiger charge is 2.02. The molecule has 0 radical (unpaired) electrons. The Labute approximate surface area is 151 Å². The number of ether oxygens (including phenoxy) is 3. The number of anilines is 1. The van der Waals surface area contributed by atoms with E-state index in [4.69, 9.17) is 14.2 Å². The summed E-state index contributed by atoms with van der Waals surface area (Å²) < 4.78 is 16.8. The molecule has 0 saturated carbocycles. The fourth-order valence-corrected chi connectivity index (χ4v) is 2.48. The predicted octanol–water partition coefficient (Wildman–Crippen LogP) is 5.15. The molecule has 0 aliphatic rings. The van der Waals surface area contributed by atoms with Crippen molar-refractivity contribution in [3.8, 4) is 17.2 Å². The third-order valence-corrected chi connectivity index (χ3v) is 3.88. The molecule has 0 aromatic heterocycles. The summed E-state index contributed by atoms with van der Waals surface area (Å²) in [7, 11) is 1.65. The highest BCUT2D eigenvalue weighted by molar-refractivity contribution is 5.46. The van der Waals surface area contributed by atoms with E-state index in [1.807, 2.05) is 48.5 Å². The average Bonchev–Trinajstić information content (AvgIpc) is 2.66. The van der Waals surface area contributed by atoms with Crippen molar-refractivity contribution in [3.63, 3.8) is 0 Å². The molecule has 0 atom stereocenters. The van der Waals surface area contributed by atoms with E-state index in [0.717, 1.165) is 42.5 Å². The number of hydrogen-bond donors (Lipinski definition) is 1. The van der Waals surface area contributed by atoms with Crippen LogP contribution in [0.2, 0.25) is 0 Å². The quantitative estimate of drug-likeness (QED) is 0.541. The number of methoxy groups -OCH3 is 1. The summed E-state index contributed by atoms with van der Waals surface area (Å²) in [5.41, 5.74) is 1.06. The Morgan fingerprint density at radius 2 is 1.56 bits per heavy atom. The summed E-state index contributed by atoms with van der Waals surface area (Å²) in [4.78, 5) is 0. The minimum absolute atomic E-state index is 0.566. The minimum Gasteiger partial charge on any atom is -0.494 e. The number of rotatable bonds is 12. The molecule has 0 bridgehead atoms. The zero-order valence-electron chi connectivity index (χ0n) is 15.3. The van der Waals surface area contributed by atoms with Gasteiger partial charge in [0.15, 0.2) is 11.5 Å². The SMILES string of the molecule is CCCCCCOc1ccc(NCCOc2ccccc2OC)cc1. The lowest BCUT2D eigenvalue weighted by Gasteiger charge is -2.12. The molecule has 136 valence electrons. The van der Waals surface area contributed by atoms with E-state index in [2.05, 4.69) is 12.2 Å². The van der Waals surface area contributed by atoms with Gasteiger partial charge in [0.25, 0.3) is 0 Å². The molecule has 0 saturated heterocycles. The molecular formula is C21H29NO3. The summed E-state index contributed by atoms with van der Waals surface area (Å²) in [6.45, 7) is 4.29. The van der Waals surface area contributed by atoms with Crippen LogP contribution in [0.25, 0.3) is 0 Å². The molecule has 0 heterocycles. The molecule has 1 N–H and O–H groups in total. The van der Waals surface area contributed by atoms with E-state index >= 15 is 0 Å². The summed E-state index contributed by atoms with van der Waals surface area (Å²) in [5, 5.41) is 3.34. The Morgan fingerprint density at radius 1 is 0.800 bits per heavy atom. The second-order valence-electron chi connectivity index (χ2n) is 5.86. The lowest BCUT2D eigenvalue weighted by atomic mass is 10.2. The van der Waals surface area contributed by atoms with Gasteiger partial charge in [-0.05, 0) is 42.8 Å². The largest absolute Gasteiger partial charge is 0.494 e. The Balaban J connectivity index is 1.66. The summed E-state index contributed by atoms with van der Waals surface area (Å²) >= 11 is 0. The molecule has 4 heteroatoms. The van der Waals surface area contributed by atoms with E-state index in [1.165, 1.54) is 19.3 Å². The first-order valence-corrected chi connectivity index (χ1v) is 9.06. The van der Waals surface area contributed by atoms with Gasteiger partial charge in [0.05, 0.1) is 13.7 Å². The van der Waals surface area contributed by atoms with Crippen LogP contribution in [0.5, 0.6) is 17.2 Å². The molecule has 0 fully saturated rings. The van der Waals surface area contributed by atoms with Crippen LogP contribution in [0.3, 0.4) is 0 Å². The van der Waals surface area contributed by atoms with Gasteiger partial charge in [-0.2, -0.15) is 0 Å². The first-order valence-electron chi connectivity index (χ1n) is 9.06. The fraction of sp³-hybridized carbons (Fsp3) is 0.429. The number of para-hydroxylation sites is 2. The van der Waals surface area contributed by atoms with Crippen LogP contribution in [0.15, 0.2) is 48.5 Å². The predicted molar refractivity (Wildman–Crippen MR) is 103 cm³/mol. The van der Waals surface area contributed by atoms with Gasteiger partial charge in [0, 0.05) is 12.2 Å². The van der Waals surface area contributed by atoms with Gasteiger partial charge in [-0.1, -0.05) is 38.3 Å². The van der Waals surface area contributed by atoms with E-state index < -0.39 is 0 Å². The van der Waals surface area contributed by atoms with Crippen LogP contribution in [0.1, 0.15) is 32.6 Å². The van der Waals surface area contributed by atoms with Crippen LogP contribution < -0.4 is 19.5 Å². The molecular weight excluding hydrogens is 314 g/mol. The summed E-state index contributed by atoms with van der Waals surface area (Å²) in [5.74, 6) is 2.44. The van der Waals surface area contributed by atoms with Gasteiger partial charge in [0.1, 0.15) is 12.4 Å². The van der Waals surface area contributed by atoms with Crippen molar-refractivity contribution < 1.29 is 14.2 Å². The van der Waals surface area contributed by atoms with Crippen LogP contribution in [0.4, 0.5) is 5.69 Å². The number of hydrogen-bond acceptors (Lipinski definition) is 4. The van der Waals surface area contributed by atoms with E-state index in [0.29, 0.717) is 6.61 Å². The zero-order chi connectivity index (χ0) is 17.7. The van der Waals surface area contributed by atoms with Crippen molar-refractivity contribution in [3.05, 3.63) is 48.5 Å². The lowest BCUT2D eigenvalue weighted by molar-refractivity contribution is 0.304. The molecule has 0 unspecified atom stereocenters. The highest BCUT2D eigenvalue weighted by Crippen LogP contribution is 2.25. The van der Waals surface area contributed by atoms with Gasteiger partial charge in [0.2, 0.25) is 0 Å². The van der Waals surface area contributed by atoms with Crippen molar-refractivity contribution in [1.29, 1.82) is 0 Å². The molecule has 2 aromatic rings. The van der Waals surface area contributed by atoms with E-state index in [1.54, 1.807) is 7.11 Å².